The highest BCUT2D eigenvalue weighted by molar-refractivity contribution is 6.29. The second-order valence-electron chi connectivity index (χ2n) is 4.12. The highest BCUT2D eigenvalue weighted by Crippen LogP contribution is 2.13. The van der Waals surface area contributed by atoms with Gasteiger partial charge in [0.05, 0.1) is 0 Å². The predicted octanol–water partition coefficient (Wildman–Crippen LogP) is 1.55. The predicted molar refractivity (Wildman–Crippen MR) is 65.9 cm³/mol. The van der Waals surface area contributed by atoms with Gasteiger partial charge in [-0.2, -0.15) is 0 Å². The van der Waals surface area contributed by atoms with Crippen LogP contribution in [0.3, 0.4) is 0 Å². The molecular formula is C11H15ClN4O. The molecule has 0 aromatic carbocycles. The molecule has 0 aliphatic carbocycles. The third-order valence-corrected chi connectivity index (χ3v) is 2.99. The lowest BCUT2D eigenvalue weighted by molar-refractivity contribution is -0.130. The summed E-state index contributed by atoms with van der Waals surface area (Å²) in [4.78, 5) is 21.7. The fraction of sp³-hybridized carbons (Fsp3) is 0.545. The van der Waals surface area contributed by atoms with Gasteiger partial charge in [0.25, 0.3) is 0 Å². The van der Waals surface area contributed by atoms with Crippen LogP contribution in [0.25, 0.3) is 0 Å². The van der Waals surface area contributed by atoms with E-state index in [1.807, 2.05) is 11.8 Å². The number of halogens is 1. The van der Waals surface area contributed by atoms with E-state index in [1.54, 1.807) is 6.07 Å². The van der Waals surface area contributed by atoms with Gasteiger partial charge in [0.2, 0.25) is 5.91 Å². The molecule has 0 radical (unpaired) electrons. The van der Waals surface area contributed by atoms with E-state index in [-0.39, 0.29) is 11.9 Å². The summed E-state index contributed by atoms with van der Waals surface area (Å²) in [7, 11) is 0. The third-order valence-electron chi connectivity index (χ3n) is 2.79. The van der Waals surface area contributed by atoms with Crippen molar-refractivity contribution in [2.75, 3.05) is 18.4 Å². The van der Waals surface area contributed by atoms with Crippen LogP contribution in [0, 0.1) is 0 Å². The van der Waals surface area contributed by atoms with Crippen LogP contribution in [0.1, 0.15) is 19.8 Å². The molecule has 1 aromatic heterocycles. The molecule has 1 fully saturated rings. The van der Waals surface area contributed by atoms with Crippen molar-refractivity contribution in [1.82, 2.24) is 14.9 Å². The molecule has 0 bridgehead atoms. The number of carbonyl (C=O) groups excluding carboxylic acids is 1. The summed E-state index contributed by atoms with van der Waals surface area (Å²) in [6, 6.07) is 1.31. The van der Waals surface area contributed by atoms with Crippen molar-refractivity contribution in [2.24, 2.45) is 0 Å². The van der Waals surface area contributed by atoms with E-state index < -0.39 is 0 Å². The van der Waals surface area contributed by atoms with Crippen LogP contribution in [-0.2, 0) is 4.79 Å². The van der Waals surface area contributed by atoms with Crippen LogP contribution in [-0.4, -0.2) is 39.9 Å². The quantitative estimate of drug-likeness (QED) is 0.832. The molecule has 1 aliphatic rings. The zero-order chi connectivity index (χ0) is 12.3. The Morgan fingerprint density at radius 1 is 1.47 bits per heavy atom. The van der Waals surface area contributed by atoms with Gasteiger partial charge >= 0.3 is 0 Å². The van der Waals surface area contributed by atoms with E-state index >= 15 is 0 Å². The molecule has 1 saturated heterocycles. The summed E-state index contributed by atoms with van der Waals surface area (Å²) < 4.78 is 0. The van der Waals surface area contributed by atoms with Crippen molar-refractivity contribution in [2.45, 2.75) is 25.8 Å². The summed E-state index contributed by atoms with van der Waals surface area (Å²) >= 11 is 5.75. The van der Waals surface area contributed by atoms with Crippen molar-refractivity contribution >= 4 is 23.3 Å². The first kappa shape index (κ1) is 12.1. The SMILES string of the molecule is CC(Nc1cc(Cl)ncn1)C(=O)N1CCCC1. The van der Waals surface area contributed by atoms with E-state index in [2.05, 4.69) is 15.3 Å². The number of carbonyl (C=O) groups is 1. The van der Waals surface area contributed by atoms with Crippen LogP contribution >= 0.6 is 11.6 Å². The van der Waals surface area contributed by atoms with Crippen LogP contribution in [0.15, 0.2) is 12.4 Å². The van der Waals surface area contributed by atoms with E-state index in [0.717, 1.165) is 25.9 Å². The summed E-state index contributed by atoms with van der Waals surface area (Å²) in [5.74, 6) is 0.683. The molecule has 2 rings (SSSR count). The second-order valence-corrected chi connectivity index (χ2v) is 4.51. The van der Waals surface area contributed by atoms with Crippen molar-refractivity contribution in [3.05, 3.63) is 17.5 Å². The van der Waals surface area contributed by atoms with Gasteiger partial charge in [-0.3, -0.25) is 4.79 Å². The molecule has 2 heterocycles. The van der Waals surface area contributed by atoms with Crippen LogP contribution < -0.4 is 5.32 Å². The highest BCUT2D eigenvalue weighted by Gasteiger charge is 2.23. The first-order valence-corrected chi connectivity index (χ1v) is 6.07. The number of likely N-dealkylation sites (tertiary alicyclic amines) is 1. The number of rotatable bonds is 3. The molecule has 5 nitrogen and oxygen atoms in total. The summed E-state index contributed by atoms with van der Waals surface area (Å²) in [6.07, 6.45) is 3.56. The minimum absolute atomic E-state index is 0.109. The van der Waals surface area contributed by atoms with Gasteiger partial charge < -0.3 is 10.2 Å². The van der Waals surface area contributed by atoms with Crippen molar-refractivity contribution in [3.63, 3.8) is 0 Å². The monoisotopic (exact) mass is 254 g/mol. The zero-order valence-electron chi connectivity index (χ0n) is 9.69. The smallest absolute Gasteiger partial charge is 0.244 e. The fourth-order valence-electron chi connectivity index (χ4n) is 1.91. The van der Waals surface area contributed by atoms with Gasteiger partial charge in [-0.15, -0.1) is 0 Å². The van der Waals surface area contributed by atoms with Crippen molar-refractivity contribution in [3.8, 4) is 0 Å². The van der Waals surface area contributed by atoms with E-state index in [9.17, 15) is 4.79 Å². The molecular weight excluding hydrogens is 240 g/mol. The largest absolute Gasteiger partial charge is 0.358 e. The summed E-state index contributed by atoms with van der Waals surface area (Å²) in [5.41, 5.74) is 0. The number of nitrogens with zero attached hydrogens (tertiary/aromatic N) is 3. The number of amides is 1. The lowest BCUT2D eigenvalue weighted by Crippen LogP contribution is -2.39. The van der Waals surface area contributed by atoms with Crippen LogP contribution in [0.4, 0.5) is 5.82 Å². The second kappa shape index (κ2) is 5.31. The highest BCUT2D eigenvalue weighted by atomic mass is 35.5. The average Bonchev–Trinajstić information content (AvgIpc) is 2.81. The molecule has 1 amide bonds. The first-order chi connectivity index (χ1) is 8.16. The van der Waals surface area contributed by atoms with Crippen LogP contribution in [0.2, 0.25) is 5.15 Å². The molecule has 17 heavy (non-hydrogen) atoms. The van der Waals surface area contributed by atoms with Crippen LogP contribution in [0.5, 0.6) is 0 Å². The van der Waals surface area contributed by atoms with Gasteiger partial charge in [0.15, 0.2) is 0 Å². The Labute approximate surface area is 105 Å². The maximum Gasteiger partial charge on any atom is 0.244 e. The molecule has 6 heteroatoms. The Balaban J connectivity index is 1.96. The van der Waals surface area contributed by atoms with E-state index in [4.69, 9.17) is 11.6 Å². The van der Waals surface area contributed by atoms with Gasteiger partial charge in [-0.1, -0.05) is 11.6 Å². The molecule has 92 valence electrons. The lowest BCUT2D eigenvalue weighted by Gasteiger charge is -2.21. The number of anilines is 1. The maximum atomic E-state index is 12.0. The van der Waals surface area contributed by atoms with E-state index in [1.165, 1.54) is 6.33 Å². The minimum atomic E-state index is -0.293. The first-order valence-electron chi connectivity index (χ1n) is 5.69. The summed E-state index contributed by atoms with van der Waals surface area (Å²) in [6.45, 7) is 3.54. The van der Waals surface area contributed by atoms with Crippen molar-refractivity contribution < 1.29 is 4.79 Å². The Bertz CT molecular complexity index is 406. The zero-order valence-corrected chi connectivity index (χ0v) is 10.4. The number of hydrogen-bond acceptors (Lipinski definition) is 4. The molecule has 1 aliphatic heterocycles. The van der Waals surface area contributed by atoms with E-state index in [0.29, 0.717) is 11.0 Å². The molecule has 0 spiro atoms. The topological polar surface area (TPSA) is 58.1 Å². The maximum absolute atomic E-state index is 12.0. The number of aromatic nitrogens is 2. The average molecular weight is 255 g/mol. The molecule has 1 atom stereocenters. The molecule has 1 unspecified atom stereocenters. The standard InChI is InChI=1S/C11H15ClN4O/c1-8(11(17)16-4-2-3-5-16)15-10-6-9(12)13-7-14-10/h6-8H,2-5H2,1H3,(H,13,14,15). The normalized spacial score (nSPS) is 16.9. The Hall–Kier alpha value is -1.36. The minimum Gasteiger partial charge on any atom is -0.358 e. The Morgan fingerprint density at radius 2 is 2.18 bits per heavy atom. The molecule has 0 saturated carbocycles. The summed E-state index contributed by atoms with van der Waals surface area (Å²) in [5, 5.41) is 3.40. The van der Waals surface area contributed by atoms with Crippen molar-refractivity contribution in [1.29, 1.82) is 0 Å². The number of hydrogen-bond donors (Lipinski definition) is 1. The fourth-order valence-corrected chi connectivity index (χ4v) is 2.05. The van der Waals surface area contributed by atoms with Gasteiger partial charge in [-0.05, 0) is 19.8 Å². The molecule has 1 aromatic rings. The molecule has 1 N–H and O–H groups in total. The van der Waals surface area contributed by atoms with Gasteiger partial charge in [-0.25, -0.2) is 9.97 Å². The lowest BCUT2D eigenvalue weighted by atomic mass is 10.3. The number of nitrogens with one attached hydrogen (secondary N) is 1. The Morgan fingerprint density at radius 3 is 2.82 bits per heavy atom. The third kappa shape index (κ3) is 3.06. The van der Waals surface area contributed by atoms with Gasteiger partial charge in [0, 0.05) is 19.2 Å². The Kier molecular flexibility index (Phi) is 3.78. The van der Waals surface area contributed by atoms with Gasteiger partial charge in [0.1, 0.15) is 23.3 Å².